The van der Waals surface area contributed by atoms with Crippen molar-refractivity contribution in [1.29, 1.82) is 0 Å². The average molecular weight is 281 g/mol. The summed E-state index contributed by atoms with van der Waals surface area (Å²) in [6.07, 6.45) is 2.94. The molecule has 0 amide bonds. The largest absolute Gasteiger partial charge is 0.461 e. The van der Waals surface area contributed by atoms with E-state index in [-0.39, 0.29) is 0 Å². The molecular formula is C12H15N3OS2. The third-order valence-corrected chi connectivity index (χ3v) is 5.56. The van der Waals surface area contributed by atoms with E-state index in [4.69, 9.17) is 4.42 Å². The lowest BCUT2D eigenvalue weighted by atomic mass is 10.4. The zero-order valence-corrected chi connectivity index (χ0v) is 11.8. The van der Waals surface area contributed by atoms with Crippen LogP contribution >= 0.6 is 23.5 Å². The fourth-order valence-electron chi connectivity index (χ4n) is 2.00. The quantitative estimate of drug-likeness (QED) is 0.861. The van der Waals surface area contributed by atoms with Crippen molar-refractivity contribution in [2.75, 3.05) is 11.5 Å². The van der Waals surface area contributed by atoms with Gasteiger partial charge in [0.2, 0.25) is 0 Å². The molecule has 0 unspecified atom stereocenters. The van der Waals surface area contributed by atoms with Crippen molar-refractivity contribution in [3.05, 3.63) is 18.4 Å². The van der Waals surface area contributed by atoms with Crippen molar-refractivity contribution in [3.8, 4) is 11.6 Å². The monoisotopic (exact) mass is 281 g/mol. The lowest BCUT2D eigenvalue weighted by Crippen LogP contribution is -2.04. The molecule has 0 saturated carbocycles. The summed E-state index contributed by atoms with van der Waals surface area (Å²) in [7, 11) is 0. The zero-order chi connectivity index (χ0) is 12.4. The third kappa shape index (κ3) is 2.31. The maximum atomic E-state index is 5.41. The number of hydrogen-bond acceptors (Lipinski definition) is 5. The zero-order valence-electron chi connectivity index (χ0n) is 10.2. The predicted molar refractivity (Wildman–Crippen MR) is 75.0 cm³/mol. The minimum absolute atomic E-state index is 0.675. The van der Waals surface area contributed by atoms with Gasteiger partial charge < -0.3 is 4.42 Å². The topological polar surface area (TPSA) is 43.9 Å². The Hall–Kier alpha value is -0.880. The molecule has 0 radical (unpaired) electrons. The molecule has 1 aliphatic rings. The van der Waals surface area contributed by atoms with Gasteiger partial charge in [-0.2, -0.15) is 11.8 Å². The van der Waals surface area contributed by atoms with Crippen molar-refractivity contribution >= 4 is 23.5 Å². The van der Waals surface area contributed by atoms with Crippen molar-refractivity contribution in [3.63, 3.8) is 0 Å². The van der Waals surface area contributed by atoms with E-state index in [2.05, 4.69) is 21.7 Å². The Morgan fingerprint density at radius 2 is 2.50 bits per heavy atom. The number of furan rings is 1. The summed E-state index contributed by atoms with van der Waals surface area (Å²) in [5.74, 6) is 4.10. The second-order valence-electron chi connectivity index (χ2n) is 4.13. The molecule has 4 nitrogen and oxygen atoms in total. The fourth-order valence-corrected chi connectivity index (χ4v) is 4.73. The van der Waals surface area contributed by atoms with Crippen molar-refractivity contribution in [2.24, 2.45) is 0 Å². The van der Waals surface area contributed by atoms with Gasteiger partial charge in [0.15, 0.2) is 16.7 Å². The predicted octanol–water partition coefficient (Wildman–Crippen LogP) is 3.16. The number of hydrogen-bond donors (Lipinski definition) is 0. The summed E-state index contributed by atoms with van der Waals surface area (Å²) in [6.45, 7) is 2.98. The third-order valence-electron chi connectivity index (χ3n) is 2.93. The van der Waals surface area contributed by atoms with E-state index < -0.39 is 0 Å². The first kappa shape index (κ1) is 12.2. The van der Waals surface area contributed by atoms with Crippen LogP contribution < -0.4 is 0 Å². The summed E-state index contributed by atoms with van der Waals surface area (Å²) in [4.78, 5) is 0. The van der Waals surface area contributed by atoms with Gasteiger partial charge in [-0.05, 0) is 31.2 Å². The molecule has 0 bridgehead atoms. The van der Waals surface area contributed by atoms with Crippen molar-refractivity contribution in [1.82, 2.24) is 14.8 Å². The highest BCUT2D eigenvalue weighted by molar-refractivity contribution is 8.04. The molecule has 6 heteroatoms. The van der Waals surface area contributed by atoms with Gasteiger partial charge in [-0.1, -0.05) is 11.8 Å². The second kappa shape index (κ2) is 5.40. The van der Waals surface area contributed by atoms with Crippen molar-refractivity contribution in [2.45, 2.75) is 30.3 Å². The van der Waals surface area contributed by atoms with Crippen LogP contribution in [0.1, 0.15) is 13.3 Å². The minimum atomic E-state index is 0.675. The summed E-state index contributed by atoms with van der Waals surface area (Å²) in [5.41, 5.74) is 0. The van der Waals surface area contributed by atoms with Gasteiger partial charge in [-0.15, -0.1) is 10.2 Å². The van der Waals surface area contributed by atoms with Crippen LogP contribution in [0.2, 0.25) is 0 Å². The van der Waals surface area contributed by atoms with Gasteiger partial charge in [0.1, 0.15) is 0 Å². The lowest BCUT2D eigenvalue weighted by Gasteiger charge is -2.09. The molecule has 0 aliphatic carbocycles. The highest BCUT2D eigenvalue weighted by Crippen LogP contribution is 2.33. The molecule has 2 aromatic rings. The molecule has 18 heavy (non-hydrogen) atoms. The molecule has 0 spiro atoms. The summed E-state index contributed by atoms with van der Waals surface area (Å²) < 4.78 is 7.54. The minimum Gasteiger partial charge on any atom is -0.461 e. The van der Waals surface area contributed by atoms with Gasteiger partial charge in [-0.3, -0.25) is 4.57 Å². The molecule has 3 heterocycles. The van der Waals surface area contributed by atoms with Crippen molar-refractivity contribution < 1.29 is 4.42 Å². The average Bonchev–Trinajstić information content (AvgIpc) is 3.10. The summed E-state index contributed by atoms with van der Waals surface area (Å²) in [6, 6.07) is 3.81. The lowest BCUT2D eigenvalue weighted by molar-refractivity contribution is 0.567. The number of nitrogens with zero attached hydrogens (tertiary/aromatic N) is 3. The van der Waals surface area contributed by atoms with Crippen LogP contribution in [-0.4, -0.2) is 31.5 Å². The Balaban J connectivity index is 1.86. The summed E-state index contributed by atoms with van der Waals surface area (Å²) >= 11 is 3.87. The van der Waals surface area contributed by atoms with Crippen LogP contribution in [0, 0.1) is 0 Å². The molecule has 1 saturated heterocycles. The first-order chi connectivity index (χ1) is 8.88. The Kier molecular flexibility index (Phi) is 3.65. The first-order valence-electron chi connectivity index (χ1n) is 6.10. The summed E-state index contributed by atoms with van der Waals surface area (Å²) in [5, 5.41) is 10.3. The number of rotatable bonds is 4. The Bertz CT molecular complexity index is 503. The second-order valence-corrected chi connectivity index (χ2v) is 6.55. The van der Waals surface area contributed by atoms with Crippen LogP contribution in [0.4, 0.5) is 0 Å². The van der Waals surface area contributed by atoms with E-state index >= 15 is 0 Å². The highest BCUT2D eigenvalue weighted by Gasteiger charge is 2.21. The smallest absolute Gasteiger partial charge is 0.200 e. The molecule has 96 valence electrons. The van der Waals surface area contributed by atoms with Crippen LogP contribution in [-0.2, 0) is 6.54 Å². The SMILES string of the molecule is CCn1c(S[C@H]2CCSC2)nnc1-c1ccco1. The van der Waals surface area contributed by atoms with Crippen LogP contribution in [0.15, 0.2) is 28.0 Å². The first-order valence-corrected chi connectivity index (χ1v) is 8.13. The molecular weight excluding hydrogens is 266 g/mol. The van der Waals surface area contributed by atoms with Gasteiger partial charge in [0.25, 0.3) is 0 Å². The number of thioether (sulfide) groups is 2. The standard InChI is InChI=1S/C12H15N3OS2/c1-2-15-11(10-4-3-6-16-10)13-14-12(15)18-9-5-7-17-8-9/h3-4,6,9H,2,5,7-8H2,1H3/t9-/m0/s1. The normalized spacial score (nSPS) is 19.5. The van der Waals surface area contributed by atoms with E-state index in [9.17, 15) is 0 Å². The molecule has 1 atom stereocenters. The number of aromatic nitrogens is 3. The molecule has 2 aromatic heterocycles. The van der Waals surface area contributed by atoms with Gasteiger partial charge >= 0.3 is 0 Å². The Morgan fingerprint density at radius 1 is 1.56 bits per heavy atom. The van der Waals surface area contributed by atoms with E-state index in [0.717, 1.165) is 23.3 Å². The van der Waals surface area contributed by atoms with E-state index in [0.29, 0.717) is 5.25 Å². The Morgan fingerprint density at radius 3 is 3.17 bits per heavy atom. The molecule has 0 N–H and O–H groups in total. The molecule has 0 aromatic carbocycles. The maximum Gasteiger partial charge on any atom is 0.200 e. The molecule has 1 fully saturated rings. The highest BCUT2D eigenvalue weighted by atomic mass is 32.2. The van der Waals surface area contributed by atoms with Crippen LogP contribution in [0.5, 0.6) is 0 Å². The molecule has 1 aliphatic heterocycles. The fraction of sp³-hybridized carbons (Fsp3) is 0.500. The van der Waals surface area contributed by atoms with Gasteiger partial charge in [0, 0.05) is 17.5 Å². The molecule has 3 rings (SSSR count). The maximum absolute atomic E-state index is 5.41. The van der Waals surface area contributed by atoms with Gasteiger partial charge in [-0.25, -0.2) is 0 Å². The van der Waals surface area contributed by atoms with E-state index in [1.165, 1.54) is 17.9 Å². The van der Waals surface area contributed by atoms with Crippen LogP contribution in [0.3, 0.4) is 0 Å². The van der Waals surface area contributed by atoms with Crippen LogP contribution in [0.25, 0.3) is 11.6 Å². The Labute approximate surface area is 115 Å². The van der Waals surface area contributed by atoms with Gasteiger partial charge in [0.05, 0.1) is 6.26 Å². The van der Waals surface area contributed by atoms with E-state index in [1.807, 2.05) is 35.7 Å². The van der Waals surface area contributed by atoms with E-state index in [1.54, 1.807) is 6.26 Å².